The minimum Gasteiger partial charge on any atom is -0.511 e. The highest BCUT2D eigenvalue weighted by Gasteiger charge is 2.15. The molecule has 2 aliphatic rings. The molecule has 1 fully saturated rings. The molecule has 0 saturated carbocycles. The Morgan fingerprint density at radius 2 is 1.85 bits per heavy atom. The van der Waals surface area contributed by atoms with E-state index >= 15 is 0 Å². The quantitative estimate of drug-likeness (QED) is 0.234. The lowest BCUT2D eigenvalue weighted by Crippen LogP contribution is -2.22. The van der Waals surface area contributed by atoms with Crippen molar-refractivity contribution in [2.45, 2.75) is 45.6 Å². The fourth-order valence-corrected chi connectivity index (χ4v) is 1.43. The average Bonchev–Trinajstić information content (AvgIpc) is 3.32. The third-order valence-electron chi connectivity index (χ3n) is 2.65. The van der Waals surface area contributed by atoms with Gasteiger partial charge in [-0.25, -0.2) is 0 Å². The molecule has 0 aliphatic carbocycles. The van der Waals surface area contributed by atoms with Crippen LogP contribution in [0.5, 0.6) is 0 Å². The van der Waals surface area contributed by atoms with Gasteiger partial charge in [-0.05, 0) is 45.4 Å². The fraction of sp³-hybridized carbons (Fsp3) is 0.500. The van der Waals surface area contributed by atoms with Crippen molar-refractivity contribution in [3.05, 3.63) is 43.4 Å². The molecule has 0 amide bonds. The van der Waals surface area contributed by atoms with E-state index in [0.717, 1.165) is 31.5 Å². The first-order valence-corrected chi connectivity index (χ1v) is 8.36. The number of Topliss-reactive ketones (excluding diaryl/α,β-unsaturated/α-hetero) is 1. The van der Waals surface area contributed by atoms with Crippen LogP contribution in [0.15, 0.2) is 48.4 Å². The second-order valence-electron chi connectivity index (χ2n) is 5.46. The van der Waals surface area contributed by atoms with Crippen molar-refractivity contribution in [1.82, 2.24) is 5.32 Å². The molecule has 6 heteroatoms. The van der Waals surface area contributed by atoms with Crippen LogP contribution in [0.25, 0.3) is 0 Å². The number of aldehydes is 1. The summed E-state index contributed by atoms with van der Waals surface area (Å²) in [6.45, 7) is 18.3. The molecular weight excluding hydrogens is 332 g/mol. The molecule has 0 aromatic rings. The molecule has 1 unspecified atom stereocenters. The molecule has 2 heterocycles. The van der Waals surface area contributed by atoms with Gasteiger partial charge in [0.25, 0.3) is 0 Å². The van der Waals surface area contributed by atoms with Crippen molar-refractivity contribution in [3.8, 4) is 0 Å². The Balaban J connectivity index is -0.000000265. The van der Waals surface area contributed by atoms with Gasteiger partial charge in [0, 0.05) is 13.5 Å². The Hall–Kier alpha value is -2.27. The monoisotopic (exact) mass is 366 g/mol. The van der Waals surface area contributed by atoms with Crippen molar-refractivity contribution in [1.29, 1.82) is 0 Å². The lowest BCUT2D eigenvalue weighted by Gasteiger charge is -2.05. The maximum atomic E-state index is 9.44. The number of hydrogen-bond acceptors (Lipinski definition) is 6. The van der Waals surface area contributed by atoms with Crippen molar-refractivity contribution >= 4 is 18.3 Å². The normalized spacial score (nSPS) is 15.7. The number of aliphatic imine (C=N–C) groups is 1. The van der Waals surface area contributed by atoms with E-state index in [1.54, 1.807) is 6.92 Å². The molecular formula is C20H34N2O4. The van der Waals surface area contributed by atoms with Gasteiger partial charge < -0.3 is 15.5 Å². The van der Waals surface area contributed by atoms with Gasteiger partial charge in [-0.1, -0.05) is 31.9 Å². The number of rotatable bonds is 3. The predicted molar refractivity (Wildman–Crippen MR) is 109 cm³/mol. The molecule has 0 aromatic heterocycles. The summed E-state index contributed by atoms with van der Waals surface area (Å²) in [7, 11) is 0. The van der Waals surface area contributed by atoms with Crippen LogP contribution in [0.4, 0.5) is 0 Å². The van der Waals surface area contributed by atoms with Gasteiger partial charge in [0.1, 0.15) is 5.76 Å². The Bertz CT molecular complexity index is 452. The molecule has 2 rings (SSSR count). The molecule has 0 aromatic carbocycles. The molecule has 148 valence electrons. The highest BCUT2D eigenvalue weighted by Crippen LogP contribution is 2.09. The van der Waals surface area contributed by atoms with Crippen LogP contribution in [0.1, 0.15) is 39.5 Å². The Kier molecular flexibility index (Phi) is 24.9. The summed E-state index contributed by atoms with van der Waals surface area (Å²) in [5, 5.41) is 19.9. The molecule has 26 heavy (non-hydrogen) atoms. The van der Waals surface area contributed by atoms with E-state index < -0.39 is 5.78 Å². The van der Waals surface area contributed by atoms with Crippen LogP contribution in [0.2, 0.25) is 0 Å². The zero-order valence-electron chi connectivity index (χ0n) is 16.2. The number of carbonyl (C=O) groups is 2. The van der Waals surface area contributed by atoms with Crippen LogP contribution in [-0.2, 0) is 9.59 Å². The molecule has 1 saturated heterocycles. The van der Waals surface area contributed by atoms with Gasteiger partial charge in [0.2, 0.25) is 0 Å². The molecule has 0 bridgehead atoms. The van der Waals surface area contributed by atoms with Gasteiger partial charge in [-0.15, -0.1) is 5.73 Å². The largest absolute Gasteiger partial charge is 0.511 e. The average molecular weight is 367 g/mol. The van der Waals surface area contributed by atoms with Crippen LogP contribution < -0.4 is 5.32 Å². The third kappa shape index (κ3) is 29.7. The number of carbonyl (C=O) groups excluding carboxylic acids is 2. The Morgan fingerprint density at radius 3 is 1.96 bits per heavy atom. The van der Waals surface area contributed by atoms with Crippen LogP contribution >= 0.6 is 0 Å². The van der Waals surface area contributed by atoms with Crippen LogP contribution in [0.3, 0.4) is 0 Å². The molecule has 0 radical (unpaired) electrons. The van der Waals surface area contributed by atoms with Gasteiger partial charge in [-0.3, -0.25) is 14.6 Å². The number of aliphatic hydroxyl groups is 2. The highest BCUT2D eigenvalue weighted by atomic mass is 16.3. The predicted octanol–water partition coefficient (Wildman–Crippen LogP) is 2.95. The van der Waals surface area contributed by atoms with Gasteiger partial charge in [-0.2, -0.15) is 0 Å². The lowest BCUT2D eigenvalue weighted by atomic mass is 10.2. The number of nitrogens with one attached hydrogen (secondary N) is 1. The van der Waals surface area contributed by atoms with E-state index in [1.807, 2.05) is 6.21 Å². The fourth-order valence-electron chi connectivity index (χ4n) is 1.43. The minimum absolute atomic E-state index is 0.111. The van der Waals surface area contributed by atoms with E-state index in [0.29, 0.717) is 0 Å². The maximum absolute atomic E-state index is 9.44. The highest BCUT2D eigenvalue weighted by molar-refractivity contribution is 6.23. The van der Waals surface area contributed by atoms with Crippen molar-refractivity contribution in [2.75, 3.05) is 19.7 Å². The van der Waals surface area contributed by atoms with Gasteiger partial charge in [0.15, 0.2) is 12.1 Å². The third-order valence-corrected chi connectivity index (χ3v) is 2.65. The van der Waals surface area contributed by atoms with E-state index in [4.69, 9.17) is 15.0 Å². The summed E-state index contributed by atoms with van der Waals surface area (Å²) in [6.07, 6.45) is 6.94. The lowest BCUT2D eigenvalue weighted by molar-refractivity contribution is -0.128. The Morgan fingerprint density at radius 1 is 1.35 bits per heavy atom. The zero-order chi connectivity index (χ0) is 20.8. The van der Waals surface area contributed by atoms with E-state index in [9.17, 15) is 4.79 Å². The molecule has 1 atom stereocenters. The molecule has 2 aliphatic heterocycles. The van der Waals surface area contributed by atoms with Crippen LogP contribution in [-0.4, -0.2) is 54.2 Å². The smallest absolute Gasteiger partial charge is 0.192 e. The summed E-state index contributed by atoms with van der Waals surface area (Å²) in [6, 6.07) is 0.176. The maximum Gasteiger partial charge on any atom is 0.192 e. The second kappa shape index (κ2) is 22.7. The standard InChI is InChI=1S/C6H11NO.C4H7N.C4H8O.C3H4O2.C3H4/c1-5(8)6-3-2-4-7-6;1-2-4-5-3-1;1-4(2)3-5;1-3(5)2-4;1-3-2/h6-8H,1-4H2;3H,1-2,4H2;5H,1,3H2,2H3;2H,1H3;1-2H2. The summed E-state index contributed by atoms with van der Waals surface area (Å²) in [4.78, 5) is 22.6. The molecule has 0 spiro atoms. The summed E-state index contributed by atoms with van der Waals surface area (Å²) >= 11 is 0. The number of hydrogen-bond donors (Lipinski definition) is 3. The summed E-state index contributed by atoms with van der Waals surface area (Å²) < 4.78 is 0. The first-order chi connectivity index (χ1) is 12.3. The summed E-state index contributed by atoms with van der Waals surface area (Å²) in [5.74, 6) is -0.146. The number of nitrogens with zero attached hydrogens (tertiary/aromatic N) is 1. The topological polar surface area (TPSA) is 99.0 Å². The first kappa shape index (κ1) is 28.5. The zero-order valence-corrected chi connectivity index (χ0v) is 16.2. The summed E-state index contributed by atoms with van der Waals surface area (Å²) in [5.41, 5.74) is 3.06. The van der Waals surface area contributed by atoms with E-state index in [-0.39, 0.29) is 24.7 Å². The molecule has 3 N–H and O–H groups in total. The van der Waals surface area contributed by atoms with Crippen molar-refractivity contribution in [3.63, 3.8) is 0 Å². The first-order valence-electron chi connectivity index (χ1n) is 8.36. The van der Waals surface area contributed by atoms with Gasteiger partial charge in [0.05, 0.1) is 12.6 Å². The van der Waals surface area contributed by atoms with E-state index in [1.165, 1.54) is 19.8 Å². The van der Waals surface area contributed by atoms with Gasteiger partial charge >= 0.3 is 0 Å². The van der Waals surface area contributed by atoms with Crippen molar-refractivity contribution in [2.24, 2.45) is 4.99 Å². The second-order valence-corrected chi connectivity index (χ2v) is 5.46. The van der Waals surface area contributed by atoms with E-state index in [2.05, 4.69) is 42.4 Å². The SMILES string of the molecule is C1=NCCC1.C=C(C)CO.C=C(O)C1CCCN1.C=C=C.CC(=O)C=O. The minimum atomic E-state index is -0.426. The number of ketones is 1. The molecule has 6 nitrogen and oxygen atoms in total. The Labute approximate surface area is 157 Å². The number of aliphatic hydroxyl groups excluding tert-OH is 2. The van der Waals surface area contributed by atoms with Crippen LogP contribution in [0, 0.1) is 0 Å². The van der Waals surface area contributed by atoms with Crippen molar-refractivity contribution < 1.29 is 19.8 Å².